The molecule has 2 aliphatic rings. The minimum Gasteiger partial charge on any atom is -0.482 e. The first-order chi connectivity index (χ1) is 11.6. The summed E-state index contributed by atoms with van der Waals surface area (Å²) in [5, 5.41) is 5.86. The Balaban J connectivity index is 1.64. The first kappa shape index (κ1) is 16.6. The minimum absolute atomic E-state index is 0.0151. The lowest BCUT2D eigenvalue weighted by molar-refractivity contribution is -0.118. The number of ether oxygens (including phenoxy) is 1. The van der Waals surface area contributed by atoms with Gasteiger partial charge in [0.15, 0.2) is 6.61 Å². The minimum atomic E-state index is -0.157. The number of likely N-dealkylation sites (tertiary alicyclic amines) is 1. The molecular weight excluding hydrogens is 306 g/mol. The van der Waals surface area contributed by atoms with Gasteiger partial charge in [0, 0.05) is 13.1 Å². The largest absolute Gasteiger partial charge is 0.482 e. The molecule has 1 fully saturated rings. The van der Waals surface area contributed by atoms with Gasteiger partial charge in [-0.1, -0.05) is 19.4 Å². The van der Waals surface area contributed by atoms with Crippen molar-refractivity contribution in [3.8, 4) is 5.75 Å². The smallest absolute Gasteiger partial charge is 0.317 e. The average Bonchev–Trinajstić information content (AvgIpc) is 2.61. The van der Waals surface area contributed by atoms with Crippen LogP contribution in [-0.4, -0.2) is 36.5 Å². The van der Waals surface area contributed by atoms with E-state index in [2.05, 4.69) is 17.6 Å². The Kier molecular flexibility index (Phi) is 4.92. The van der Waals surface area contributed by atoms with Crippen molar-refractivity contribution in [3.05, 3.63) is 23.8 Å². The van der Waals surface area contributed by atoms with Gasteiger partial charge in [0.05, 0.1) is 11.7 Å². The van der Waals surface area contributed by atoms with Gasteiger partial charge in [0.25, 0.3) is 5.91 Å². The van der Waals surface area contributed by atoms with Crippen LogP contribution in [0.15, 0.2) is 18.2 Å². The number of benzene rings is 1. The van der Waals surface area contributed by atoms with Crippen molar-refractivity contribution in [3.63, 3.8) is 0 Å². The molecule has 2 atom stereocenters. The van der Waals surface area contributed by atoms with Gasteiger partial charge in [0.2, 0.25) is 0 Å². The van der Waals surface area contributed by atoms with Gasteiger partial charge in [-0.05, 0) is 43.4 Å². The monoisotopic (exact) mass is 331 g/mol. The average molecular weight is 331 g/mol. The van der Waals surface area contributed by atoms with Gasteiger partial charge >= 0.3 is 6.03 Å². The lowest BCUT2D eigenvalue weighted by Crippen LogP contribution is -2.46. The molecule has 1 saturated heterocycles. The summed E-state index contributed by atoms with van der Waals surface area (Å²) in [6.07, 6.45) is 3.40. The number of hydrogen-bond acceptors (Lipinski definition) is 3. The highest BCUT2D eigenvalue weighted by Gasteiger charge is 2.24. The molecule has 3 rings (SSSR count). The van der Waals surface area contributed by atoms with Crippen LogP contribution in [-0.2, 0) is 4.79 Å². The number of piperidine rings is 1. The molecule has 0 aromatic heterocycles. The van der Waals surface area contributed by atoms with Crippen LogP contribution in [0.25, 0.3) is 0 Å². The van der Waals surface area contributed by atoms with Crippen molar-refractivity contribution in [2.75, 3.05) is 25.0 Å². The molecule has 0 spiro atoms. The van der Waals surface area contributed by atoms with Crippen LogP contribution in [0.3, 0.4) is 0 Å². The molecule has 2 aliphatic heterocycles. The number of nitrogens with zero attached hydrogens (tertiary/aromatic N) is 1. The molecule has 24 heavy (non-hydrogen) atoms. The van der Waals surface area contributed by atoms with E-state index < -0.39 is 0 Å². The first-order valence-corrected chi connectivity index (χ1v) is 8.69. The van der Waals surface area contributed by atoms with Crippen LogP contribution in [0.4, 0.5) is 10.5 Å². The Bertz CT molecular complexity index is 632. The molecule has 1 aromatic rings. The SMILES string of the molecule is CC[C@@H]1CCCN(C(=O)N[C@@H](C)c2ccc3c(c2)NC(=O)CO3)C1. The van der Waals surface area contributed by atoms with Gasteiger partial charge in [-0.3, -0.25) is 4.79 Å². The molecule has 2 heterocycles. The second kappa shape index (κ2) is 7.11. The maximum absolute atomic E-state index is 12.5. The second-order valence-electron chi connectivity index (χ2n) is 6.63. The topological polar surface area (TPSA) is 70.7 Å². The molecule has 1 aromatic carbocycles. The number of anilines is 1. The van der Waals surface area contributed by atoms with Crippen molar-refractivity contribution in [2.45, 2.75) is 39.2 Å². The molecule has 130 valence electrons. The predicted octanol–water partition coefficient (Wildman–Crippen LogP) is 2.91. The zero-order valence-corrected chi connectivity index (χ0v) is 14.3. The molecule has 0 saturated carbocycles. The van der Waals surface area contributed by atoms with E-state index in [0.29, 0.717) is 17.4 Å². The highest BCUT2D eigenvalue weighted by molar-refractivity contribution is 5.95. The van der Waals surface area contributed by atoms with Crippen molar-refractivity contribution in [2.24, 2.45) is 5.92 Å². The quantitative estimate of drug-likeness (QED) is 0.894. The zero-order valence-electron chi connectivity index (χ0n) is 14.3. The summed E-state index contributed by atoms with van der Waals surface area (Å²) >= 11 is 0. The fourth-order valence-corrected chi connectivity index (χ4v) is 3.31. The van der Waals surface area contributed by atoms with E-state index in [4.69, 9.17) is 4.74 Å². The highest BCUT2D eigenvalue weighted by atomic mass is 16.5. The molecule has 0 aliphatic carbocycles. The Morgan fingerprint density at radius 3 is 3.12 bits per heavy atom. The summed E-state index contributed by atoms with van der Waals surface area (Å²) in [4.78, 5) is 25.9. The van der Waals surface area contributed by atoms with Gasteiger partial charge < -0.3 is 20.3 Å². The summed E-state index contributed by atoms with van der Waals surface area (Å²) in [5.41, 5.74) is 1.60. The van der Waals surface area contributed by atoms with Crippen molar-refractivity contribution in [1.29, 1.82) is 0 Å². The Morgan fingerprint density at radius 2 is 2.33 bits per heavy atom. The number of carbonyl (C=O) groups excluding carboxylic acids is 2. The van der Waals surface area contributed by atoms with E-state index in [-0.39, 0.29) is 24.6 Å². The number of carbonyl (C=O) groups is 2. The lowest BCUT2D eigenvalue weighted by Gasteiger charge is -2.33. The van der Waals surface area contributed by atoms with Crippen LogP contribution >= 0.6 is 0 Å². The van der Waals surface area contributed by atoms with Crippen molar-refractivity contribution in [1.82, 2.24) is 10.2 Å². The van der Waals surface area contributed by atoms with Crippen LogP contribution in [0.2, 0.25) is 0 Å². The van der Waals surface area contributed by atoms with Gasteiger partial charge in [-0.2, -0.15) is 0 Å². The summed E-state index contributed by atoms with van der Waals surface area (Å²) in [6, 6.07) is 5.47. The first-order valence-electron chi connectivity index (χ1n) is 8.69. The van der Waals surface area contributed by atoms with Gasteiger partial charge in [-0.15, -0.1) is 0 Å². The van der Waals surface area contributed by atoms with Crippen molar-refractivity contribution < 1.29 is 14.3 Å². The normalized spacial score (nSPS) is 21.3. The maximum atomic E-state index is 12.5. The third-order valence-corrected chi connectivity index (χ3v) is 4.86. The Labute approximate surface area is 142 Å². The summed E-state index contributed by atoms with van der Waals surface area (Å²) in [6.45, 7) is 5.84. The third-order valence-electron chi connectivity index (χ3n) is 4.86. The number of urea groups is 1. The fourth-order valence-electron chi connectivity index (χ4n) is 3.31. The fraction of sp³-hybridized carbons (Fsp3) is 0.556. The highest BCUT2D eigenvalue weighted by Crippen LogP contribution is 2.30. The summed E-state index contributed by atoms with van der Waals surface area (Å²) < 4.78 is 5.36. The van der Waals surface area contributed by atoms with E-state index in [1.54, 1.807) is 0 Å². The molecular formula is C18H25N3O3. The zero-order chi connectivity index (χ0) is 17.1. The number of nitrogens with one attached hydrogen (secondary N) is 2. The second-order valence-corrected chi connectivity index (χ2v) is 6.63. The standard InChI is InChI=1S/C18H25N3O3/c1-3-13-5-4-8-21(10-13)18(23)19-12(2)14-6-7-16-15(9-14)20-17(22)11-24-16/h6-7,9,12-13H,3-5,8,10-11H2,1-2H3,(H,19,23)(H,20,22)/t12-,13+/m0/s1. The van der Waals surface area contributed by atoms with E-state index >= 15 is 0 Å². The van der Waals surface area contributed by atoms with E-state index in [9.17, 15) is 9.59 Å². The van der Waals surface area contributed by atoms with Crippen molar-refractivity contribution >= 4 is 17.6 Å². The van der Waals surface area contributed by atoms with Gasteiger partial charge in [0.1, 0.15) is 5.75 Å². The molecule has 0 unspecified atom stereocenters. The van der Waals surface area contributed by atoms with Crippen LogP contribution < -0.4 is 15.4 Å². The summed E-state index contributed by atoms with van der Waals surface area (Å²) in [5.74, 6) is 1.12. The van der Waals surface area contributed by atoms with E-state index in [0.717, 1.165) is 31.5 Å². The third kappa shape index (κ3) is 3.63. The molecule has 2 N–H and O–H groups in total. The van der Waals surface area contributed by atoms with Crippen LogP contribution in [0, 0.1) is 5.92 Å². The van der Waals surface area contributed by atoms with E-state index in [1.807, 2.05) is 30.0 Å². The number of rotatable bonds is 3. The molecule has 6 nitrogen and oxygen atoms in total. The molecule has 0 bridgehead atoms. The van der Waals surface area contributed by atoms with Crippen LogP contribution in [0.5, 0.6) is 5.75 Å². The van der Waals surface area contributed by atoms with Crippen LogP contribution in [0.1, 0.15) is 44.7 Å². The predicted molar refractivity (Wildman–Crippen MR) is 92.1 cm³/mol. The lowest BCUT2D eigenvalue weighted by atomic mass is 9.96. The molecule has 3 amide bonds. The number of amides is 3. The molecule has 0 radical (unpaired) electrons. The van der Waals surface area contributed by atoms with Gasteiger partial charge in [-0.25, -0.2) is 4.79 Å². The molecule has 6 heteroatoms. The number of fused-ring (bicyclic) bond motifs is 1. The Hall–Kier alpha value is -2.24. The Morgan fingerprint density at radius 1 is 1.50 bits per heavy atom. The van der Waals surface area contributed by atoms with E-state index in [1.165, 1.54) is 6.42 Å². The number of hydrogen-bond donors (Lipinski definition) is 2. The summed E-state index contributed by atoms with van der Waals surface area (Å²) in [7, 11) is 0. The maximum Gasteiger partial charge on any atom is 0.317 e.